The Kier molecular flexibility index (Phi) is 5.20. The molecule has 0 bridgehead atoms. The summed E-state index contributed by atoms with van der Waals surface area (Å²) in [5, 5.41) is 21.1. The van der Waals surface area contributed by atoms with Gasteiger partial charge >= 0.3 is 0 Å². The number of nitrogens with zero attached hydrogens (tertiary/aromatic N) is 1. The Morgan fingerprint density at radius 2 is 2.17 bits per heavy atom. The third kappa shape index (κ3) is 3.61. The molecular formula is C17H14ClFN2O2. The monoisotopic (exact) mass is 332 g/mol. The highest BCUT2D eigenvalue weighted by Gasteiger charge is 2.19. The van der Waals surface area contributed by atoms with Crippen molar-refractivity contribution in [2.75, 3.05) is 5.32 Å². The topological polar surface area (TPSA) is 73.1 Å². The van der Waals surface area contributed by atoms with Gasteiger partial charge in [0.1, 0.15) is 11.6 Å². The maximum atomic E-state index is 13.7. The zero-order valence-electron chi connectivity index (χ0n) is 12.3. The smallest absolute Gasteiger partial charge is 0.257 e. The van der Waals surface area contributed by atoms with Crippen molar-refractivity contribution >= 4 is 23.2 Å². The van der Waals surface area contributed by atoms with E-state index < -0.39 is 17.6 Å². The Morgan fingerprint density at radius 1 is 1.43 bits per heavy atom. The van der Waals surface area contributed by atoms with Crippen LogP contribution in [0.25, 0.3) is 0 Å². The van der Waals surface area contributed by atoms with Crippen molar-refractivity contribution in [1.29, 1.82) is 5.26 Å². The highest BCUT2D eigenvalue weighted by molar-refractivity contribution is 6.35. The molecule has 4 nitrogen and oxygen atoms in total. The van der Waals surface area contributed by atoms with Crippen LogP contribution < -0.4 is 5.32 Å². The maximum absolute atomic E-state index is 13.7. The molecule has 6 heteroatoms. The van der Waals surface area contributed by atoms with Crippen molar-refractivity contribution < 1.29 is 14.3 Å². The van der Waals surface area contributed by atoms with Crippen LogP contribution in [0.5, 0.6) is 5.75 Å². The number of rotatable bonds is 4. The number of anilines is 1. The summed E-state index contributed by atoms with van der Waals surface area (Å²) in [5.74, 6) is -1.88. The summed E-state index contributed by atoms with van der Waals surface area (Å²) in [6.45, 7) is 1.85. The molecule has 0 radical (unpaired) electrons. The second-order valence-corrected chi connectivity index (χ2v) is 5.29. The molecule has 1 amide bonds. The first kappa shape index (κ1) is 16.8. The Balaban J connectivity index is 2.35. The minimum Gasteiger partial charge on any atom is -0.508 e. The van der Waals surface area contributed by atoms with E-state index in [0.717, 1.165) is 12.1 Å². The van der Waals surface area contributed by atoms with Crippen molar-refractivity contribution in [2.24, 2.45) is 0 Å². The third-order valence-corrected chi connectivity index (χ3v) is 3.83. The number of amides is 1. The van der Waals surface area contributed by atoms with Gasteiger partial charge in [-0.05, 0) is 30.2 Å². The van der Waals surface area contributed by atoms with E-state index in [4.69, 9.17) is 16.9 Å². The van der Waals surface area contributed by atoms with E-state index in [1.807, 2.05) is 6.92 Å². The summed E-state index contributed by atoms with van der Waals surface area (Å²) in [5.41, 5.74) is 0.546. The molecule has 0 aliphatic heterocycles. The average molecular weight is 333 g/mol. The number of nitriles is 1. The number of carbonyl (C=O) groups is 1. The van der Waals surface area contributed by atoms with Gasteiger partial charge in [0.2, 0.25) is 0 Å². The second-order valence-electron chi connectivity index (χ2n) is 4.92. The van der Waals surface area contributed by atoms with Gasteiger partial charge in [-0.2, -0.15) is 5.26 Å². The molecule has 23 heavy (non-hydrogen) atoms. The van der Waals surface area contributed by atoms with Gasteiger partial charge in [0.05, 0.1) is 28.3 Å². The summed E-state index contributed by atoms with van der Waals surface area (Å²) in [7, 11) is 0. The molecule has 0 aliphatic carbocycles. The summed E-state index contributed by atoms with van der Waals surface area (Å²) >= 11 is 6.24. The highest BCUT2D eigenvalue weighted by Crippen LogP contribution is 2.30. The van der Waals surface area contributed by atoms with Gasteiger partial charge in [-0.25, -0.2) is 4.39 Å². The van der Waals surface area contributed by atoms with Gasteiger partial charge in [-0.1, -0.05) is 30.7 Å². The standard InChI is InChI=1S/C17H14ClFN2O2/c1-2-10(9-20)12-4-3-5-13(16(12)18)17(23)21-15-8-11(22)6-7-14(15)19/h3-8,10,22H,2H2,1H3,(H,21,23). The van der Waals surface area contributed by atoms with E-state index in [0.29, 0.717) is 12.0 Å². The van der Waals surface area contributed by atoms with E-state index in [2.05, 4.69) is 11.4 Å². The molecule has 1 unspecified atom stereocenters. The maximum Gasteiger partial charge on any atom is 0.257 e. The molecule has 0 fully saturated rings. The summed E-state index contributed by atoms with van der Waals surface area (Å²) in [6, 6.07) is 10.3. The van der Waals surface area contributed by atoms with Crippen molar-refractivity contribution in [3.63, 3.8) is 0 Å². The number of phenols is 1. The van der Waals surface area contributed by atoms with Crippen molar-refractivity contribution in [3.8, 4) is 11.8 Å². The van der Waals surface area contributed by atoms with Crippen molar-refractivity contribution in [3.05, 3.63) is 58.4 Å². The largest absolute Gasteiger partial charge is 0.508 e. The van der Waals surface area contributed by atoms with Crippen LogP contribution in [0.1, 0.15) is 35.2 Å². The Hall–Kier alpha value is -2.58. The van der Waals surface area contributed by atoms with Gasteiger partial charge < -0.3 is 10.4 Å². The predicted octanol–water partition coefficient (Wildman–Crippen LogP) is 4.45. The van der Waals surface area contributed by atoms with Crippen LogP contribution in [-0.4, -0.2) is 11.0 Å². The number of nitrogens with one attached hydrogen (secondary N) is 1. The van der Waals surface area contributed by atoms with Crippen LogP contribution in [0.4, 0.5) is 10.1 Å². The van der Waals surface area contributed by atoms with Crippen molar-refractivity contribution in [2.45, 2.75) is 19.3 Å². The molecule has 2 rings (SSSR count). The predicted molar refractivity (Wildman–Crippen MR) is 86.1 cm³/mol. The van der Waals surface area contributed by atoms with Crippen molar-refractivity contribution in [1.82, 2.24) is 0 Å². The van der Waals surface area contributed by atoms with Gasteiger partial charge in [-0.3, -0.25) is 4.79 Å². The van der Waals surface area contributed by atoms with E-state index >= 15 is 0 Å². The number of hydrogen-bond donors (Lipinski definition) is 2. The second kappa shape index (κ2) is 7.12. The van der Waals surface area contributed by atoms with Crippen LogP contribution in [0.2, 0.25) is 5.02 Å². The van der Waals surface area contributed by atoms with E-state index in [1.54, 1.807) is 12.1 Å². The Bertz CT molecular complexity index is 787. The molecule has 2 aromatic carbocycles. The molecule has 0 saturated carbocycles. The van der Waals surface area contributed by atoms with E-state index in [9.17, 15) is 14.3 Å². The van der Waals surface area contributed by atoms with Gasteiger partial charge in [-0.15, -0.1) is 0 Å². The third-order valence-electron chi connectivity index (χ3n) is 3.41. The molecule has 0 spiro atoms. The van der Waals surface area contributed by atoms with Gasteiger partial charge in [0.25, 0.3) is 5.91 Å². The first-order valence-corrected chi connectivity index (χ1v) is 7.33. The highest BCUT2D eigenvalue weighted by atomic mass is 35.5. The summed E-state index contributed by atoms with van der Waals surface area (Å²) in [6.07, 6.45) is 0.558. The quantitative estimate of drug-likeness (QED) is 0.868. The minimum absolute atomic E-state index is 0.139. The molecular weight excluding hydrogens is 319 g/mol. The number of carbonyl (C=O) groups excluding carboxylic acids is 1. The SMILES string of the molecule is CCC(C#N)c1cccc(C(=O)Nc2cc(O)ccc2F)c1Cl. The van der Waals surface area contributed by atoms with E-state index in [1.165, 1.54) is 12.1 Å². The van der Waals surface area contributed by atoms with Gasteiger partial charge in [0.15, 0.2) is 0 Å². The van der Waals surface area contributed by atoms with Crippen LogP contribution in [0.15, 0.2) is 36.4 Å². The van der Waals surface area contributed by atoms with E-state index in [-0.39, 0.29) is 22.0 Å². The van der Waals surface area contributed by atoms with Crippen LogP contribution >= 0.6 is 11.6 Å². The molecule has 0 aliphatic rings. The minimum atomic E-state index is -0.674. The summed E-state index contributed by atoms with van der Waals surface area (Å²) < 4.78 is 13.7. The van der Waals surface area contributed by atoms with Crippen LogP contribution in [0.3, 0.4) is 0 Å². The fourth-order valence-corrected chi connectivity index (χ4v) is 2.52. The van der Waals surface area contributed by atoms with Crippen LogP contribution in [-0.2, 0) is 0 Å². The lowest BCUT2D eigenvalue weighted by atomic mass is 9.96. The lowest BCUT2D eigenvalue weighted by Gasteiger charge is -2.13. The number of phenolic OH excluding ortho intramolecular Hbond substituents is 1. The zero-order chi connectivity index (χ0) is 17.0. The molecule has 1 atom stereocenters. The lowest BCUT2D eigenvalue weighted by Crippen LogP contribution is -2.14. The molecule has 0 heterocycles. The molecule has 0 saturated heterocycles. The van der Waals surface area contributed by atoms with Crippen LogP contribution in [0, 0.1) is 17.1 Å². The fourth-order valence-electron chi connectivity index (χ4n) is 2.17. The summed E-state index contributed by atoms with van der Waals surface area (Å²) in [4.78, 5) is 12.3. The van der Waals surface area contributed by atoms with Gasteiger partial charge in [0, 0.05) is 6.07 Å². The number of benzene rings is 2. The Labute approximate surface area is 138 Å². The molecule has 2 aromatic rings. The first-order valence-electron chi connectivity index (χ1n) is 6.95. The molecule has 2 N–H and O–H groups in total. The first-order chi connectivity index (χ1) is 11.0. The Morgan fingerprint density at radius 3 is 2.83 bits per heavy atom. The normalized spacial score (nSPS) is 11.6. The zero-order valence-corrected chi connectivity index (χ0v) is 13.1. The molecule has 0 aromatic heterocycles. The number of halogens is 2. The number of hydrogen-bond acceptors (Lipinski definition) is 3. The molecule has 118 valence electrons. The lowest BCUT2D eigenvalue weighted by molar-refractivity contribution is 0.102. The fraction of sp³-hybridized carbons (Fsp3) is 0.176. The number of aromatic hydroxyl groups is 1. The average Bonchev–Trinajstić information content (AvgIpc) is 2.53.